The third-order valence-corrected chi connectivity index (χ3v) is 3.99. The van der Waals surface area contributed by atoms with Gasteiger partial charge in [0.15, 0.2) is 0 Å². The molecular weight excluding hydrogens is 274 g/mol. The third kappa shape index (κ3) is 7.31. The maximum atomic E-state index is 4.29. The highest BCUT2D eigenvalue weighted by Crippen LogP contribution is 2.06. The van der Waals surface area contributed by atoms with Crippen molar-refractivity contribution in [3.8, 4) is 0 Å². The fourth-order valence-corrected chi connectivity index (χ4v) is 2.79. The largest absolute Gasteiger partial charge is 0.315 e. The molecule has 2 rings (SSSR count). The van der Waals surface area contributed by atoms with Crippen molar-refractivity contribution in [3.05, 3.63) is 29.6 Å². The minimum absolute atomic E-state index is 1.02. The first kappa shape index (κ1) is 17.3. The van der Waals surface area contributed by atoms with Gasteiger partial charge in [-0.05, 0) is 63.6 Å². The van der Waals surface area contributed by atoms with E-state index in [9.17, 15) is 0 Å². The molecule has 0 bridgehead atoms. The predicted octanol–water partition coefficient (Wildman–Crippen LogP) is 0.755. The number of aromatic nitrogens is 1. The zero-order valence-electron chi connectivity index (χ0n) is 13.9. The van der Waals surface area contributed by atoms with Crippen molar-refractivity contribution >= 4 is 0 Å². The fraction of sp³-hybridized carbons (Fsp3) is 0.706. The molecule has 0 spiro atoms. The van der Waals surface area contributed by atoms with E-state index in [0.717, 1.165) is 64.6 Å². The summed E-state index contributed by atoms with van der Waals surface area (Å²) >= 11 is 0. The molecule has 5 heteroatoms. The highest BCUT2D eigenvalue weighted by atomic mass is 15.1. The van der Waals surface area contributed by atoms with Crippen LogP contribution in [0.25, 0.3) is 0 Å². The molecule has 0 unspecified atom stereocenters. The van der Waals surface area contributed by atoms with Gasteiger partial charge in [-0.1, -0.05) is 0 Å². The minimum atomic E-state index is 1.02. The first-order valence-electron chi connectivity index (χ1n) is 8.60. The molecule has 0 aromatic carbocycles. The summed E-state index contributed by atoms with van der Waals surface area (Å²) in [6.07, 6.45) is 4.31. The lowest BCUT2D eigenvalue weighted by atomic mass is 10.2. The minimum Gasteiger partial charge on any atom is -0.315 e. The zero-order chi connectivity index (χ0) is 15.5. The molecule has 0 radical (unpaired) electrons. The number of hydrogen-bond acceptors (Lipinski definition) is 5. The smallest absolute Gasteiger partial charge is 0.0375 e. The Morgan fingerprint density at radius 3 is 2.45 bits per heavy atom. The summed E-state index contributed by atoms with van der Waals surface area (Å²) in [5, 5.41) is 10.5. The van der Waals surface area contributed by atoms with Crippen molar-refractivity contribution in [1.29, 1.82) is 0 Å². The molecular formula is C17H31N5. The number of nitrogens with one attached hydrogen (secondary N) is 3. The summed E-state index contributed by atoms with van der Waals surface area (Å²) in [5.74, 6) is 0. The number of rotatable bonds is 2. The van der Waals surface area contributed by atoms with Crippen molar-refractivity contribution in [2.75, 3.05) is 52.4 Å². The number of hydrogen-bond donors (Lipinski definition) is 3. The van der Waals surface area contributed by atoms with Crippen LogP contribution < -0.4 is 16.0 Å². The van der Waals surface area contributed by atoms with E-state index in [1.165, 1.54) is 18.4 Å². The summed E-state index contributed by atoms with van der Waals surface area (Å²) in [5.41, 5.74) is 2.47. The van der Waals surface area contributed by atoms with Crippen molar-refractivity contribution in [2.24, 2.45) is 0 Å². The molecule has 1 aliphatic rings. The fourth-order valence-electron chi connectivity index (χ4n) is 2.79. The van der Waals surface area contributed by atoms with Gasteiger partial charge in [0.05, 0.1) is 0 Å². The number of nitrogens with zero attached hydrogens (tertiary/aromatic N) is 2. The van der Waals surface area contributed by atoms with Crippen LogP contribution in [0.4, 0.5) is 0 Å². The highest BCUT2D eigenvalue weighted by molar-refractivity contribution is 5.15. The summed E-state index contributed by atoms with van der Waals surface area (Å²) in [6.45, 7) is 11.8. The highest BCUT2D eigenvalue weighted by Gasteiger charge is 2.06. The zero-order valence-corrected chi connectivity index (χ0v) is 13.9. The van der Waals surface area contributed by atoms with E-state index >= 15 is 0 Å². The van der Waals surface area contributed by atoms with Crippen LogP contribution in [0.15, 0.2) is 18.3 Å². The molecule has 5 nitrogen and oxygen atoms in total. The van der Waals surface area contributed by atoms with Gasteiger partial charge < -0.3 is 16.0 Å². The first-order chi connectivity index (χ1) is 10.8. The Morgan fingerprint density at radius 2 is 1.68 bits per heavy atom. The summed E-state index contributed by atoms with van der Waals surface area (Å²) < 4.78 is 0. The Kier molecular flexibility index (Phi) is 8.41. The van der Waals surface area contributed by atoms with Crippen LogP contribution in [0.5, 0.6) is 0 Å². The molecule has 1 aliphatic heterocycles. The average molecular weight is 305 g/mol. The molecule has 1 aromatic heterocycles. The molecule has 1 aromatic rings. The van der Waals surface area contributed by atoms with Crippen LogP contribution >= 0.6 is 0 Å². The SMILES string of the molecule is Cc1cc(CN2CCCNCCNCCCNCC2)ccn1. The van der Waals surface area contributed by atoms with Gasteiger partial charge in [-0.25, -0.2) is 0 Å². The van der Waals surface area contributed by atoms with Gasteiger partial charge in [-0.3, -0.25) is 9.88 Å². The standard InChI is InChI=1S/C17H31N5/c1-16-14-17(4-8-21-16)15-22-12-3-7-19-10-9-18-5-2-6-20-11-13-22/h4,8,14,18-20H,2-3,5-7,9-13,15H2,1H3. The first-order valence-corrected chi connectivity index (χ1v) is 8.60. The molecule has 124 valence electrons. The van der Waals surface area contributed by atoms with E-state index in [1.807, 2.05) is 6.20 Å². The summed E-state index contributed by atoms with van der Waals surface area (Å²) in [7, 11) is 0. The maximum Gasteiger partial charge on any atom is 0.0375 e. The lowest BCUT2D eigenvalue weighted by Crippen LogP contribution is -2.36. The Labute approximate surface area is 134 Å². The molecule has 0 saturated carbocycles. The van der Waals surface area contributed by atoms with Gasteiger partial charge in [-0.2, -0.15) is 0 Å². The van der Waals surface area contributed by atoms with Crippen LogP contribution in [-0.2, 0) is 6.54 Å². The second-order valence-electron chi connectivity index (χ2n) is 6.04. The van der Waals surface area contributed by atoms with Gasteiger partial charge in [-0.15, -0.1) is 0 Å². The monoisotopic (exact) mass is 305 g/mol. The van der Waals surface area contributed by atoms with E-state index in [-0.39, 0.29) is 0 Å². The lowest BCUT2D eigenvalue weighted by Gasteiger charge is -2.23. The van der Waals surface area contributed by atoms with Crippen molar-refractivity contribution in [3.63, 3.8) is 0 Å². The topological polar surface area (TPSA) is 52.2 Å². The van der Waals surface area contributed by atoms with Gasteiger partial charge in [0.2, 0.25) is 0 Å². The van der Waals surface area contributed by atoms with Crippen LogP contribution in [-0.4, -0.2) is 62.2 Å². The van der Waals surface area contributed by atoms with Gasteiger partial charge >= 0.3 is 0 Å². The Bertz CT molecular complexity index is 396. The predicted molar refractivity (Wildman–Crippen MR) is 92.1 cm³/mol. The Morgan fingerprint density at radius 1 is 0.955 bits per heavy atom. The van der Waals surface area contributed by atoms with E-state index in [0.29, 0.717) is 0 Å². The van der Waals surface area contributed by atoms with Crippen molar-refractivity contribution in [2.45, 2.75) is 26.3 Å². The molecule has 0 atom stereocenters. The Hall–Kier alpha value is -1.01. The Balaban J connectivity index is 1.82. The summed E-state index contributed by atoms with van der Waals surface area (Å²) in [4.78, 5) is 6.84. The van der Waals surface area contributed by atoms with Gasteiger partial charge in [0, 0.05) is 44.6 Å². The molecule has 0 amide bonds. The third-order valence-electron chi connectivity index (χ3n) is 3.99. The molecule has 0 aliphatic carbocycles. The average Bonchev–Trinajstić information content (AvgIpc) is 2.51. The molecule has 1 saturated heterocycles. The second-order valence-corrected chi connectivity index (χ2v) is 6.04. The van der Waals surface area contributed by atoms with Crippen molar-refractivity contribution in [1.82, 2.24) is 25.8 Å². The number of aryl methyl sites for hydroxylation is 1. The van der Waals surface area contributed by atoms with Crippen LogP contribution in [0.3, 0.4) is 0 Å². The molecule has 22 heavy (non-hydrogen) atoms. The molecule has 3 N–H and O–H groups in total. The normalized spacial score (nSPS) is 20.4. The number of pyridine rings is 1. The van der Waals surface area contributed by atoms with Gasteiger partial charge in [0.25, 0.3) is 0 Å². The van der Waals surface area contributed by atoms with Crippen LogP contribution in [0.2, 0.25) is 0 Å². The van der Waals surface area contributed by atoms with Gasteiger partial charge in [0.1, 0.15) is 0 Å². The molecule has 1 fully saturated rings. The molecule has 2 heterocycles. The van der Waals surface area contributed by atoms with E-state index in [1.54, 1.807) is 0 Å². The lowest BCUT2D eigenvalue weighted by molar-refractivity contribution is 0.260. The quantitative estimate of drug-likeness (QED) is 0.753. The van der Waals surface area contributed by atoms with Crippen LogP contribution in [0.1, 0.15) is 24.1 Å². The van der Waals surface area contributed by atoms with E-state index in [2.05, 4.69) is 44.9 Å². The maximum absolute atomic E-state index is 4.29. The second kappa shape index (κ2) is 10.7. The van der Waals surface area contributed by atoms with E-state index in [4.69, 9.17) is 0 Å². The van der Waals surface area contributed by atoms with Crippen LogP contribution in [0, 0.1) is 6.92 Å². The van der Waals surface area contributed by atoms with Crippen molar-refractivity contribution < 1.29 is 0 Å². The summed E-state index contributed by atoms with van der Waals surface area (Å²) in [6, 6.07) is 4.33. The van der Waals surface area contributed by atoms with E-state index < -0.39 is 0 Å².